The lowest BCUT2D eigenvalue weighted by molar-refractivity contribution is -0.137. The summed E-state index contributed by atoms with van der Waals surface area (Å²) in [4.78, 5) is 14.3. The quantitative estimate of drug-likeness (QED) is 0.788. The fraction of sp³-hybridized carbons (Fsp3) is 0.500. The molecule has 2 unspecified atom stereocenters. The number of rotatable bonds is 1. The summed E-state index contributed by atoms with van der Waals surface area (Å²) in [6, 6.07) is 8.43. The van der Waals surface area contributed by atoms with Crippen LogP contribution in [0.15, 0.2) is 24.3 Å². The molecule has 1 fully saturated rings. The zero-order valence-electron chi connectivity index (χ0n) is 10.4. The molecule has 1 saturated heterocycles. The van der Waals surface area contributed by atoms with Gasteiger partial charge >= 0.3 is 0 Å². The Morgan fingerprint density at radius 2 is 2.24 bits per heavy atom. The first-order chi connectivity index (χ1) is 8.16. The molecule has 1 N–H and O–H groups in total. The summed E-state index contributed by atoms with van der Waals surface area (Å²) in [6.07, 6.45) is 0. The topological polar surface area (TPSA) is 32.3 Å². The molecule has 17 heavy (non-hydrogen) atoms. The number of fused-ring (bicyclic) bond motifs is 3. The Bertz CT molecular complexity index is 471. The first-order valence-electron chi connectivity index (χ1n) is 6.27. The SMILES string of the molecule is CCN1Cc2ccccc2C2(C)CNC2C1=O. The predicted octanol–water partition coefficient (Wildman–Crippen LogP) is 1.28. The molecule has 1 amide bonds. The smallest absolute Gasteiger partial charge is 0.240 e. The second kappa shape index (κ2) is 3.57. The normalized spacial score (nSPS) is 31.3. The van der Waals surface area contributed by atoms with Crippen LogP contribution in [0.3, 0.4) is 0 Å². The lowest BCUT2D eigenvalue weighted by Crippen LogP contribution is -2.68. The molecule has 3 rings (SSSR count). The van der Waals surface area contributed by atoms with Crippen LogP contribution in [0.2, 0.25) is 0 Å². The lowest BCUT2D eigenvalue weighted by Gasteiger charge is -2.47. The number of amides is 1. The van der Waals surface area contributed by atoms with Crippen LogP contribution in [-0.4, -0.2) is 29.9 Å². The van der Waals surface area contributed by atoms with Gasteiger partial charge in [-0.05, 0) is 18.1 Å². The molecule has 0 spiro atoms. The van der Waals surface area contributed by atoms with E-state index >= 15 is 0 Å². The number of hydrogen-bond donors (Lipinski definition) is 1. The van der Waals surface area contributed by atoms with Gasteiger partial charge in [-0.3, -0.25) is 4.79 Å². The van der Waals surface area contributed by atoms with Crippen LogP contribution in [0.4, 0.5) is 0 Å². The molecule has 0 radical (unpaired) electrons. The van der Waals surface area contributed by atoms with Crippen molar-refractivity contribution in [1.29, 1.82) is 0 Å². The number of nitrogens with zero attached hydrogens (tertiary/aromatic N) is 1. The van der Waals surface area contributed by atoms with Gasteiger partial charge in [0.2, 0.25) is 5.91 Å². The highest BCUT2D eigenvalue weighted by molar-refractivity contribution is 5.86. The largest absolute Gasteiger partial charge is 0.337 e. The Balaban J connectivity index is 2.13. The molecule has 0 saturated carbocycles. The number of benzene rings is 1. The second-order valence-corrected chi connectivity index (χ2v) is 5.24. The minimum Gasteiger partial charge on any atom is -0.337 e. The van der Waals surface area contributed by atoms with Crippen LogP contribution in [0.25, 0.3) is 0 Å². The first kappa shape index (κ1) is 10.8. The number of nitrogens with one attached hydrogen (secondary N) is 1. The van der Waals surface area contributed by atoms with Gasteiger partial charge in [0.1, 0.15) is 0 Å². The van der Waals surface area contributed by atoms with Crippen LogP contribution < -0.4 is 5.32 Å². The molecule has 1 aromatic rings. The lowest BCUT2D eigenvalue weighted by atomic mass is 9.69. The highest BCUT2D eigenvalue weighted by atomic mass is 16.2. The van der Waals surface area contributed by atoms with Gasteiger partial charge in [0, 0.05) is 25.0 Å². The van der Waals surface area contributed by atoms with E-state index in [9.17, 15) is 4.79 Å². The van der Waals surface area contributed by atoms with Gasteiger partial charge < -0.3 is 10.2 Å². The molecule has 0 aromatic heterocycles. The van der Waals surface area contributed by atoms with Crippen LogP contribution in [0.5, 0.6) is 0 Å². The van der Waals surface area contributed by atoms with Gasteiger partial charge in [-0.25, -0.2) is 0 Å². The highest BCUT2D eigenvalue weighted by Gasteiger charge is 2.51. The third kappa shape index (κ3) is 1.35. The van der Waals surface area contributed by atoms with Crippen molar-refractivity contribution in [1.82, 2.24) is 10.2 Å². The van der Waals surface area contributed by atoms with Crippen molar-refractivity contribution in [2.24, 2.45) is 0 Å². The minimum absolute atomic E-state index is 0.0163. The third-order valence-corrected chi connectivity index (χ3v) is 4.24. The third-order valence-electron chi connectivity index (χ3n) is 4.24. The van der Waals surface area contributed by atoms with Gasteiger partial charge in [-0.2, -0.15) is 0 Å². The van der Waals surface area contributed by atoms with Crippen LogP contribution in [0, 0.1) is 0 Å². The van der Waals surface area contributed by atoms with E-state index in [0.717, 1.165) is 19.6 Å². The monoisotopic (exact) mass is 230 g/mol. The molecule has 0 aliphatic carbocycles. The van der Waals surface area contributed by atoms with E-state index in [1.807, 2.05) is 11.8 Å². The Hall–Kier alpha value is -1.35. The van der Waals surface area contributed by atoms with Gasteiger partial charge in [0.25, 0.3) is 0 Å². The summed E-state index contributed by atoms with van der Waals surface area (Å²) in [6.45, 7) is 6.67. The molecule has 3 nitrogen and oxygen atoms in total. The molecule has 0 bridgehead atoms. The second-order valence-electron chi connectivity index (χ2n) is 5.24. The molecule has 2 atom stereocenters. The fourth-order valence-corrected chi connectivity index (χ4v) is 3.07. The molecule has 2 aliphatic rings. The van der Waals surface area contributed by atoms with Crippen LogP contribution >= 0.6 is 0 Å². The van der Waals surface area contributed by atoms with Crippen molar-refractivity contribution in [2.45, 2.75) is 31.8 Å². The summed E-state index contributed by atoms with van der Waals surface area (Å²) in [5.74, 6) is 0.248. The Morgan fingerprint density at radius 3 is 2.88 bits per heavy atom. The molecular weight excluding hydrogens is 212 g/mol. The van der Waals surface area contributed by atoms with E-state index in [1.54, 1.807) is 0 Å². The Kier molecular flexibility index (Phi) is 2.26. The van der Waals surface area contributed by atoms with Crippen molar-refractivity contribution in [3.8, 4) is 0 Å². The van der Waals surface area contributed by atoms with Crippen LogP contribution in [0.1, 0.15) is 25.0 Å². The average Bonchev–Trinajstić information content (AvgIpc) is 2.38. The van der Waals surface area contributed by atoms with Crippen molar-refractivity contribution in [2.75, 3.05) is 13.1 Å². The molecular formula is C14H18N2O. The summed E-state index contributed by atoms with van der Waals surface area (Å²) in [7, 11) is 0. The van der Waals surface area contributed by atoms with Crippen molar-refractivity contribution in [3.05, 3.63) is 35.4 Å². The fourth-order valence-electron chi connectivity index (χ4n) is 3.07. The van der Waals surface area contributed by atoms with Crippen LogP contribution in [-0.2, 0) is 16.8 Å². The van der Waals surface area contributed by atoms with Crippen molar-refractivity contribution >= 4 is 5.91 Å². The summed E-state index contributed by atoms with van der Waals surface area (Å²) < 4.78 is 0. The van der Waals surface area contributed by atoms with E-state index in [-0.39, 0.29) is 17.4 Å². The maximum Gasteiger partial charge on any atom is 0.240 e. The van der Waals surface area contributed by atoms with E-state index < -0.39 is 0 Å². The molecule has 3 heteroatoms. The van der Waals surface area contributed by atoms with Gasteiger partial charge in [-0.15, -0.1) is 0 Å². The van der Waals surface area contributed by atoms with E-state index in [4.69, 9.17) is 0 Å². The van der Waals surface area contributed by atoms with Gasteiger partial charge in [0.15, 0.2) is 0 Å². The van der Waals surface area contributed by atoms with Crippen molar-refractivity contribution in [3.63, 3.8) is 0 Å². The molecule has 2 aliphatic heterocycles. The average molecular weight is 230 g/mol. The molecule has 1 aromatic carbocycles. The maximum absolute atomic E-state index is 12.4. The number of carbonyl (C=O) groups excluding carboxylic acids is 1. The Morgan fingerprint density at radius 1 is 1.47 bits per heavy atom. The summed E-state index contributed by atoms with van der Waals surface area (Å²) in [5, 5.41) is 3.29. The number of likely N-dealkylation sites (N-methyl/N-ethyl adjacent to an activating group) is 1. The molecule has 90 valence electrons. The summed E-state index contributed by atoms with van der Waals surface area (Å²) >= 11 is 0. The standard InChI is InChI=1S/C14H18N2O/c1-3-16-8-10-6-4-5-7-11(10)14(2)9-15-12(14)13(16)17/h4-7,12,15H,3,8-9H2,1-2H3. The Labute approximate surface area is 102 Å². The zero-order valence-corrected chi connectivity index (χ0v) is 10.4. The van der Waals surface area contributed by atoms with E-state index in [0.29, 0.717) is 0 Å². The van der Waals surface area contributed by atoms with E-state index in [2.05, 4.69) is 36.5 Å². The van der Waals surface area contributed by atoms with Crippen molar-refractivity contribution < 1.29 is 4.79 Å². The maximum atomic E-state index is 12.4. The number of carbonyl (C=O) groups is 1. The number of hydrogen-bond acceptors (Lipinski definition) is 2. The molecule has 2 heterocycles. The predicted molar refractivity (Wildman–Crippen MR) is 66.7 cm³/mol. The zero-order chi connectivity index (χ0) is 12.0. The highest BCUT2D eigenvalue weighted by Crippen LogP contribution is 2.39. The first-order valence-corrected chi connectivity index (χ1v) is 6.27. The summed E-state index contributed by atoms with van der Waals surface area (Å²) in [5.41, 5.74) is 2.62. The minimum atomic E-state index is -0.0360. The van der Waals surface area contributed by atoms with Gasteiger partial charge in [-0.1, -0.05) is 31.2 Å². The van der Waals surface area contributed by atoms with E-state index in [1.165, 1.54) is 11.1 Å². The van der Waals surface area contributed by atoms with Gasteiger partial charge in [0.05, 0.1) is 6.04 Å².